The molecule has 1 rings (SSSR count). The third kappa shape index (κ3) is 5.13. The maximum atomic E-state index is 12.3. The molecule has 1 aromatic rings. The average molecular weight is 343 g/mol. The van der Waals surface area contributed by atoms with Gasteiger partial charge in [-0.15, -0.1) is 0 Å². The summed E-state index contributed by atoms with van der Waals surface area (Å²) in [6, 6.07) is 4.45. The molecule has 0 aromatic heterocycles. The molecule has 0 aliphatic rings. The smallest absolute Gasteiger partial charge is 0.223 e. The van der Waals surface area contributed by atoms with Crippen LogP contribution < -0.4 is 14.8 Å². The normalized spacial score (nSPS) is 11.3. The fraction of sp³-hybridized carbons (Fsp3) is 0.562. The summed E-state index contributed by atoms with van der Waals surface area (Å²) in [6.07, 6.45) is 1.48. The Morgan fingerprint density at radius 3 is 2.26 bits per heavy atom. The van der Waals surface area contributed by atoms with E-state index in [1.54, 1.807) is 6.07 Å². The summed E-state index contributed by atoms with van der Waals surface area (Å²) in [6.45, 7) is 3.97. The number of carbonyl (C=O) groups excluding carboxylic acids is 1. The molecule has 1 aromatic carbocycles. The van der Waals surface area contributed by atoms with Gasteiger partial charge in [-0.2, -0.15) is 0 Å². The van der Waals surface area contributed by atoms with Crippen LogP contribution in [-0.4, -0.2) is 40.8 Å². The summed E-state index contributed by atoms with van der Waals surface area (Å²) in [5.41, 5.74) is 0. The Morgan fingerprint density at radius 1 is 1.13 bits per heavy atom. The van der Waals surface area contributed by atoms with E-state index < -0.39 is 9.84 Å². The number of methoxy groups -OCH3 is 2. The highest BCUT2D eigenvalue weighted by atomic mass is 32.2. The molecule has 0 saturated carbocycles. The van der Waals surface area contributed by atoms with Crippen LogP contribution in [0.2, 0.25) is 0 Å². The number of carbonyl (C=O) groups is 1. The van der Waals surface area contributed by atoms with E-state index in [0.717, 1.165) is 12.8 Å². The van der Waals surface area contributed by atoms with Crippen LogP contribution in [0.1, 0.15) is 26.7 Å². The quantitative estimate of drug-likeness (QED) is 0.742. The zero-order chi connectivity index (χ0) is 17.5. The van der Waals surface area contributed by atoms with Crippen molar-refractivity contribution in [1.29, 1.82) is 0 Å². The Labute approximate surface area is 138 Å². The van der Waals surface area contributed by atoms with Crippen molar-refractivity contribution >= 4 is 15.7 Å². The van der Waals surface area contributed by atoms with E-state index in [4.69, 9.17) is 9.47 Å². The Balaban J connectivity index is 2.75. The topological polar surface area (TPSA) is 81.7 Å². The molecule has 0 saturated heterocycles. The van der Waals surface area contributed by atoms with Crippen LogP contribution in [0.5, 0.6) is 11.5 Å². The van der Waals surface area contributed by atoms with Crippen LogP contribution in [0.4, 0.5) is 0 Å². The molecule has 6 nitrogen and oxygen atoms in total. The standard InChI is InChI=1S/C16H25NO5S/c1-5-12(6-2)16(18)17-9-10-23(19,20)13-7-8-14(21-3)15(11-13)22-4/h7-8,11-12H,5-6,9-10H2,1-4H3,(H,17,18). The molecule has 0 bridgehead atoms. The predicted molar refractivity (Wildman–Crippen MR) is 88.7 cm³/mol. The number of hydrogen-bond donors (Lipinski definition) is 1. The second-order valence-corrected chi connectivity index (χ2v) is 7.25. The number of ether oxygens (including phenoxy) is 2. The van der Waals surface area contributed by atoms with Crippen molar-refractivity contribution in [2.45, 2.75) is 31.6 Å². The minimum Gasteiger partial charge on any atom is -0.493 e. The maximum Gasteiger partial charge on any atom is 0.223 e. The van der Waals surface area contributed by atoms with Gasteiger partial charge in [0.05, 0.1) is 24.9 Å². The summed E-state index contributed by atoms with van der Waals surface area (Å²) in [7, 11) is -0.569. The highest BCUT2D eigenvalue weighted by molar-refractivity contribution is 7.91. The molecule has 0 spiro atoms. The first-order chi connectivity index (χ1) is 10.9. The molecule has 0 aliphatic carbocycles. The lowest BCUT2D eigenvalue weighted by Gasteiger charge is -2.13. The third-order valence-electron chi connectivity index (χ3n) is 3.74. The summed E-state index contributed by atoms with van der Waals surface area (Å²) in [5.74, 6) is 0.494. The highest BCUT2D eigenvalue weighted by Gasteiger charge is 2.19. The lowest BCUT2D eigenvalue weighted by atomic mass is 10.0. The van der Waals surface area contributed by atoms with Gasteiger partial charge < -0.3 is 14.8 Å². The van der Waals surface area contributed by atoms with Crippen LogP contribution in [0, 0.1) is 5.92 Å². The molecule has 0 aliphatic heterocycles. The summed E-state index contributed by atoms with van der Waals surface area (Å²) in [4.78, 5) is 12.0. The average Bonchev–Trinajstić information content (AvgIpc) is 2.55. The van der Waals surface area contributed by atoms with Crippen molar-refractivity contribution in [3.63, 3.8) is 0 Å². The van der Waals surface area contributed by atoms with Gasteiger partial charge in [-0.1, -0.05) is 13.8 Å². The molecule has 0 radical (unpaired) electrons. The number of benzene rings is 1. The van der Waals surface area contributed by atoms with Crippen LogP contribution >= 0.6 is 0 Å². The first-order valence-corrected chi connectivity index (χ1v) is 9.27. The fourth-order valence-corrected chi connectivity index (χ4v) is 3.41. The molecule has 0 heterocycles. The molecule has 1 N–H and O–H groups in total. The van der Waals surface area contributed by atoms with Gasteiger partial charge in [0.25, 0.3) is 0 Å². The molecule has 130 valence electrons. The highest BCUT2D eigenvalue weighted by Crippen LogP contribution is 2.29. The van der Waals surface area contributed by atoms with E-state index >= 15 is 0 Å². The van der Waals surface area contributed by atoms with Gasteiger partial charge in [-0.25, -0.2) is 8.42 Å². The number of nitrogens with one attached hydrogen (secondary N) is 1. The van der Waals surface area contributed by atoms with Gasteiger partial charge in [0, 0.05) is 18.5 Å². The van der Waals surface area contributed by atoms with E-state index in [1.165, 1.54) is 26.4 Å². The van der Waals surface area contributed by atoms with Crippen LogP contribution in [0.25, 0.3) is 0 Å². The molecule has 0 fully saturated rings. The molecular formula is C16H25NO5S. The van der Waals surface area contributed by atoms with Crippen molar-refractivity contribution in [2.24, 2.45) is 5.92 Å². The van der Waals surface area contributed by atoms with Gasteiger partial charge in [-0.3, -0.25) is 4.79 Å². The summed E-state index contributed by atoms with van der Waals surface area (Å²) >= 11 is 0. The molecular weight excluding hydrogens is 318 g/mol. The van der Waals surface area contributed by atoms with Crippen molar-refractivity contribution in [1.82, 2.24) is 5.32 Å². The number of hydrogen-bond acceptors (Lipinski definition) is 5. The Morgan fingerprint density at radius 2 is 1.74 bits per heavy atom. The first kappa shape index (κ1) is 19.3. The maximum absolute atomic E-state index is 12.3. The van der Waals surface area contributed by atoms with E-state index in [-0.39, 0.29) is 29.0 Å². The largest absolute Gasteiger partial charge is 0.493 e. The second kappa shape index (κ2) is 8.76. The number of rotatable bonds is 9. The van der Waals surface area contributed by atoms with Gasteiger partial charge in [-0.05, 0) is 25.0 Å². The lowest BCUT2D eigenvalue weighted by molar-refractivity contribution is -0.125. The van der Waals surface area contributed by atoms with Gasteiger partial charge in [0.15, 0.2) is 21.3 Å². The van der Waals surface area contributed by atoms with Crippen molar-refractivity contribution in [3.05, 3.63) is 18.2 Å². The lowest BCUT2D eigenvalue weighted by Crippen LogP contribution is -2.33. The molecule has 7 heteroatoms. The van der Waals surface area contributed by atoms with E-state index in [9.17, 15) is 13.2 Å². The zero-order valence-electron chi connectivity index (χ0n) is 14.1. The van der Waals surface area contributed by atoms with Crippen LogP contribution in [0.15, 0.2) is 23.1 Å². The predicted octanol–water partition coefficient (Wildman–Crippen LogP) is 2.03. The number of amides is 1. The molecule has 23 heavy (non-hydrogen) atoms. The summed E-state index contributed by atoms with van der Waals surface area (Å²) < 4.78 is 34.9. The third-order valence-corrected chi connectivity index (χ3v) is 5.45. The van der Waals surface area contributed by atoms with Gasteiger partial charge in [0.2, 0.25) is 5.91 Å². The minimum atomic E-state index is -3.50. The zero-order valence-corrected chi connectivity index (χ0v) is 14.9. The van der Waals surface area contributed by atoms with E-state index in [0.29, 0.717) is 11.5 Å². The fourth-order valence-electron chi connectivity index (χ4n) is 2.24. The van der Waals surface area contributed by atoms with Crippen LogP contribution in [0.3, 0.4) is 0 Å². The SMILES string of the molecule is CCC(CC)C(=O)NCCS(=O)(=O)c1ccc(OC)c(OC)c1. The second-order valence-electron chi connectivity index (χ2n) is 5.14. The minimum absolute atomic E-state index is 0.0706. The van der Waals surface area contributed by atoms with Gasteiger partial charge >= 0.3 is 0 Å². The molecule has 1 amide bonds. The van der Waals surface area contributed by atoms with Gasteiger partial charge in [0.1, 0.15) is 0 Å². The first-order valence-electron chi connectivity index (χ1n) is 7.62. The van der Waals surface area contributed by atoms with Crippen molar-refractivity contribution in [3.8, 4) is 11.5 Å². The summed E-state index contributed by atoms with van der Waals surface area (Å²) in [5, 5.41) is 2.69. The Kier molecular flexibility index (Phi) is 7.35. The molecule has 0 atom stereocenters. The number of sulfone groups is 1. The van der Waals surface area contributed by atoms with E-state index in [1.807, 2.05) is 13.8 Å². The molecule has 0 unspecified atom stereocenters. The van der Waals surface area contributed by atoms with Crippen LogP contribution in [-0.2, 0) is 14.6 Å². The van der Waals surface area contributed by atoms with Crippen molar-refractivity contribution in [2.75, 3.05) is 26.5 Å². The van der Waals surface area contributed by atoms with E-state index in [2.05, 4.69) is 5.32 Å². The van der Waals surface area contributed by atoms with Crippen molar-refractivity contribution < 1.29 is 22.7 Å². The Hall–Kier alpha value is -1.76. The Bertz CT molecular complexity index is 623. The monoisotopic (exact) mass is 343 g/mol.